The maximum absolute atomic E-state index is 5.70. The van der Waals surface area contributed by atoms with Crippen molar-refractivity contribution in [2.24, 2.45) is 0 Å². The van der Waals surface area contributed by atoms with Crippen LogP contribution in [0, 0.1) is 0 Å². The molecule has 0 spiro atoms. The van der Waals surface area contributed by atoms with E-state index in [-0.39, 0.29) is 5.95 Å². The molecule has 1 aromatic heterocycles. The molecule has 0 aliphatic carbocycles. The molecule has 0 radical (unpaired) electrons. The van der Waals surface area contributed by atoms with Gasteiger partial charge in [-0.15, -0.1) is 0 Å². The third-order valence-electron chi connectivity index (χ3n) is 3.05. The first-order chi connectivity index (χ1) is 9.76. The van der Waals surface area contributed by atoms with Crippen LogP contribution in [0.5, 0.6) is 0 Å². The molecule has 0 saturated carbocycles. The second-order valence-electron chi connectivity index (χ2n) is 4.40. The number of nitrogens with two attached hydrogens (primary N) is 1. The Morgan fingerprint density at radius 1 is 0.950 bits per heavy atom. The summed E-state index contributed by atoms with van der Waals surface area (Å²) in [5.74, 6) is 1.58. The Labute approximate surface area is 116 Å². The maximum atomic E-state index is 5.70. The Balaban J connectivity index is 2.03. The molecule has 0 aliphatic rings. The van der Waals surface area contributed by atoms with E-state index in [1.807, 2.05) is 30.3 Å². The summed E-state index contributed by atoms with van der Waals surface area (Å²) in [6, 6.07) is 16.1. The van der Waals surface area contributed by atoms with Gasteiger partial charge in [0.15, 0.2) is 0 Å². The molecule has 5 nitrogen and oxygen atoms in total. The van der Waals surface area contributed by atoms with Gasteiger partial charge in [-0.1, -0.05) is 36.4 Å². The van der Waals surface area contributed by atoms with E-state index in [0.717, 1.165) is 11.1 Å². The topological polar surface area (TPSA) is 75.9 Å². The Kier molecular flexibility index (Phi) is 3.09. The number of anilines is 4. The summed E-state index contributed by atoms with van der Waals surface area (Å²) >= 11 is 0. The Morgan fingerprint density at radius 2 is 1.70 bits per heavy atom. The van der Waals surface area contributed by atoms with Crippen LogP contribution in [0.4, 0.5) is 23.3 Å². The van der Waals surface area contributed by atoms with E-state index in [2.05, 4.69) is 38.8 Å². The van der Waals surface area contributed by atoms with Crippen molar-refractivity contribution in [3.63, 3.8) is 0 Å². The SMILES string of the molecule is CNc1cc(Nc2cccc3ccccc23)nc(N)n1. The summed E-state index contributed by atoms with van der Waals surface area (Å²) in [4.78, 5) is 8.27. The molecule has 0 atom stereocenters. The zero-order valence-corrected chi connectivity index (χ0v) is 11.1. The highest BCUT2D eigenvalue weighted by Gasteiger charge is 2.04. The molecule has 0 amide bonds. The second kappa shape index (κ2) is 5.05. The van der Waals surface area contributed by atoms with E-state index in [1.165, 1.54) is 5.39 Å². The molecule has 0 aliphatic heterocycles. The van der Waals surface area contributed by atoms with E-state index in [4.69, 9.17) is 5.73 Å². The van der Waals surface area contributed by atoms with Gasteiger partial charge in [0.2, 0.25) is 5.95 Å². The van der Waals surface area contributed by atoms with Crippen LogP contribution in [0.2, 0.25) is 0 Å². The minimum absolute atomic E-state index is 0.236. The first-order valence-electron chi connectivity index (χ1n) is 6.33. The number of nitrogen functional groups attached to an aromatic ring is 1. The largest absolute Gasteiger partial charge is 0.373 e. The number of benzene rings is 2. The first-order valence-corrected chi connectivity index (χ1v) is 6.33. The third kappa shape index (κ3) is 2.33. The molecule has 0 unspecified atom stereocenters. The van der Waals surface area contributed by atoms with Gasteiger partial charge in [-0.2, -0.15) is 9.97 Å². The van der Waals surface area contributed by atoms with Crippen LogP contribution in [-0.2, 0) is 0 Å². The lowest BCUT2D eigenvalue weighted by Gasteiger charge is -2.10. The smallest absolute Gasteiger partial charge is 0.223 e. The van der Waals surface area contributed by atoms with E-state index >= 15 is 0 Å². The highest BCUT2D eigenvalue weighted by molar-refractivity contribution is 5.95. The van der Waals surface area contributed by atoms with Crippen molar-refractivity contribution < 1.29 is 0 Å². The maximum Gasteiger partial charge on any atom is 0.223 e. The molecule has 4 N–H and O–H groups in total. The normalized spacial score (nSPS) is 10.4. The lowest BCUT2D eigenvalue weighted by molar-refractivity contribution is 1.18. The average molecular weight is 265 g/mol. The summed E-state index contributed by atoms with van der Waals surface area (Å²) < 4.78 is 0. The first kappa shape index (κ1) is 12.2. The molecule has 3 rings (SSSR count). The summed E-state index contributed by atoms with van der Waals surface area (Å²) in [6.07, 6.45) is 0. The van der Waals surface area contributed by atoms with Crippen LogP contribution >= 0.6 is 0 Å². The van der Waals surface area contributed by atoms with Gasteiger partial charge in [0.25, 0.3) is 0 Å². The van der Waals surface area contributed by atoms with Crippen molar-refractivity contribution in [2.45, 2.75) is 0 Å². The van der Waals surface area contributed by atoms with Gasteiger partial charge in [0.1, 0.15) is 11.6 Å². The molecule has 0 bridgehead atoms. The van der Waals surface area contributed by atoms with Crippen LogP contribution in [0.15, 0.2) is 48.5 Å². The predicted molar refractivity (Wildman–Crippen MR) is 83.2 cm³/mol. The molecule has 2 aromatic carbocycles. The molecule has 20 heavy (non-hydrogen) atoms. The molecule has 0 fully saturated rings. The monoisotopic (exact) mass is 265 g/mol. The fourth-order valence-electron chi connectivity index (χ4n) is 2.13. The van der Waals surface area contributed by atoms with Crippen molar-refractivity contribution >= 4 is 34.0 Å². The van der Waals surface area contributed by atoms with Crippen LogP contribution in [-0.4, -0.2) is 17.0 Å². The molecule has 1 heterocycles. The van der Waals surface area contributed by atoms with E-state index in [9.17, 15) is 0 Å². The van der Waals surface area contributed by atoms with E-state index in [1.54, 1.807) is 7.05 Å². The Morgan fingerprint density at radius 3 is 2.55 bits per heavy atom. The number of nitrogens with one attached hydrogen (secondary N) is 2. The highest BCUT2D eigenvalue weighted by atomic mass is 15.1. The number of hydrogen-bond donors (Lipinski definition) is 3. The predicted octanol–water partition coefficient (Wildman–Crippen LogP) is 3.00. The van der Waals surface area contributed by atoms with Gasteiger partial charge in [0, 0.05) is 24.2 Å². The standard InChI is InChI=1S/C15H15N5/c1-17-13-9-14(20-15(16)19-13)18-12-8-4-6-10-5-2-3-7-11(10)12/h2-9H,1H3,(H4,16,17,18,19,20). The average Bonchev–Trinajstić information content (AvgIpc) is 2.47. The van der Waals surface area contributed by atoms with Crippen molar-refractivity contribution in [3.05, 3.63) is 48.5 Å². The lowest BCUT2D eigenvalue weighted by Crippen LogP contribution is -2.03. The van der Waals surface area contributed by atoms with Crippen LogP contribution in [0.25, 0.3) is 10.8 Å². The van der Waals surface area contributed by atoms with Gasteiger partial charge >= 0.3 is 0 Å². The highest BCUT2D eigenvalue weighted by Crippen LogP contribution is 2.26. The van der Waals surface area contributed by atoms with Gasteiger partial charge in [0.05, 0.1) is 0 Å². The fourth-order valence-corrected chi connectivity index (χ4v) is 2.13. The van der Waals surface area contributed by atoms with Gasteiger partial charge < -0.3 is 16.4 Å². The molecular formula is C15H15N5. The molecular weight excluding hydrogens is 250 g/mol. The summed E-state index contributed by atoms with van der Waals surface area (Å²) in [5.41, 5.74) is 6.69. The number of nitrogens with zero attached hydrogens (tertiary/aromatic N) is 2. The van der Waals surface area contributed by atoms with Crippen LogP contribution < -0.4 is 16.4 Å². The van der Waals surface area contributed by atoms with Crippen LogP contribution in [0.1, 0.15) is 0 Å². The Bertz CT molecular complexity index is 749. The van der Waals surface area contributed by atoms with Crippen molar-refractivity contribution in [1.29, 1.82) is 0 Å². The second-order valence-corrected chi connectivity index (χ2v) is 4.40. The molecule has 3 aromatic rings. The van der Waals surface area contributed by atoms with E-state index < -0.39 is 0 Å². The number of rotatable bonds is 3. The van der Waals surface area contributed by atoms with Crippen molar-refractivity contribution in [1.82, 2.24) is 9.97 Å². The fraction of sp³-hybridized carbons (Fsp3) is 0.0667. The number of aromatic nitrogens is 2. The number of hydrogen-bond acceptors (Lipinski definition) is 5. The molecule has 100 valence electrons. The summed E-state index contributed by atoms with van der Waals surface area (Å²) in [5, 5.41) is 8.56. The minimum Gasteiger partial charge on any atom is -0.373 e. The molecule has 0 saturated heterocycles. The van der Waals surface area contributed by atoms with Crippen LogP contribution in [0.3, 0.4) is 0 Å². The van der Waals surface area contributed by atoms with Gasteiger partial charge in [-0.3, -0.25) is 0 Å². The zero-order valence-electron chi connectivity index (χ0n) is 11.1. The lowest BCUT2D eigenvalue weighted by atomic mass is 10.1. The quantitative estimate of drug-likeness (QED) is 0.678. The van der Waals surface area contributed by atoms with Crippen molar-refractivity contribution in [3.8, 4) is 0 Å². The Hall–Kier alpha value is -2.82. The molecule has 5 heteroatoms. The van der Waals surface area contributed by atoms with Crippen molar-refractivity contribution in [2.75, 3.05) is 23.4 Å². The summed E-state index contributed by atoms with van der Waals surface area (Å²) in [7, 11) is 1.80. The number of fused-ring (bicyclic) bond motifs is 1. The summed E-state index contributed by atoms with van der Waals surface area (Å²) in [6.45, 7) is 0. The van der Waals surface area contributed by atoms with Gasteiger partial charge in [-0.05, 0) is 11.5 Å². The zero-order chi connectivity index (χ0) is 13.9. The third-order valence-corrected chi connectivity index (χ3v) is 3.05. The minimum atomic E-state index is 0.236. The van der Waals surface area contributed by atoms with E-state index in [0.29, 0.717) is 11.6 Å². The van der Waals surface area contributed by atoms with Gasteiger partial charge in [-0.25, -0.2) is 0 Å².